The van der Waals surface area contributed by atoms with Crippen molar-refractivity contribution >= 4 is 24.7 Å². The van der Waals surface area contributed by atoms with E-state index < -0.39 is 5.97 Å². The number of rotatable bonds is 4. The van der Waals surface area contributed by atoms with Crippen LogP contribution in [-0.2, 0) is 4.74 Å². The Bertz CT molecular complexity index is 363. The van der Waals surface area contributed by atoms with Gasteiger partial charge >= 0.3 is 5.97 Å². The van der Waals surface area contributed by atoms with Gasteiger partial charge in [0.2, 0.25) is 0 Å². The standard InChI is InChI=1S/C11H13NO2S/c1-2-14-11(13)10-7-3-5-9(12-10)6-4-8-15/h3-7,15H,2,8H2,1H3. The van der Waals surface area contributed by atoms with Gasteiger partial charge in [0.15, 0.2) is 0 Å². The Hall–Kier alpha value is -1.29. The second-order valence-electron chi connectivity index (χ2n) is 2.75. The Kier molecular flexibility index (Phi) is 4.90. The Balaban J connectivity index is 2.82. The lowest BCUT2D eigenvalue weighted by molar-refractivity contribution is 0.0519. The van der Waals surface area contributed by atoms with Gasteiger partial charge in [-0.05, 0) is 25.1 Å². The summed E-state index contributed by atoms with van der Waals surface area (Å²) in [4.78, 5) is 15.5. The highest BCUT2D eigenvalue weighted by molar-refractivity contribution is 7.80. The first-order chi connectivity index (χ1) is 7.27. The van der Waals surface area contributed by atoms with Crippen molar-refractivity contribution in [2.75, 3.05) is 12.4 Å². The topological polar surface area (TPSA) is 39.2 Å². The molecule has 0 aliphatic carbocycles. The maximum Gasteiger partial charge on any atom is 0.356 e. The molecule has 0 aromatic carbocycles. The van der Waals surface area contributed by atoms with Gasteiger partial charge in [-0.25, -0.2) is 9.78 Å². The zero-order chi connectivity index (χ0) is 11.1. The summed E-state index contributed by atoms with van der Waals surface area (Å²) >= 11 is 4.04. The average Bonchev–Trinajstić information content (AvgIpc) is 2.27. The largest absolute Gasteiger partial charge is 0.461 e. The van der Waals surface area contributed by atoms with Crippen LogP contribution in [0.25, 0.3) is 6.08 Å². The molecule has 3 nitrogen and oxygen atoms in total. The zero-order valence-corrected chi connectivity index (χ0v) is 9.41. The predicted molar refractivity (Wildman–Crippen MR) is 63.1 cm³/mol. The summed E-state index contributed by atoms with van der Waals surface area (Å²) in [7, 11) is 0. The molecule has 0 saturated carbocycles. The maximum absolute atomic E-state index is 11.3. The molecule has 0 unspecified atom stereocenters. The number of ether oxygens (including phenoxy) is 1. The minimum atomic E-state index is -0.390. The van der Waals surface area contributed by atoms with E-state index in [-0.39, 0.29) is 0 Å². The third kappa shape index (κ3) is 3.75. The van der Waals surface area contributed by atoms with Crippen LogP contribution in [-0.4, -0.2) is 23.3 Å². The smallest absolute Gasteiger partial charge is 0.356 e. The number of thiol groups is 1. The van der Waals surface area contributed by atoms with Crippen LogP contribution in [0.2, 0.25) is 0 Å². The van der Waals surface area contributed by atoms with E-state index in [9.17, 15) is 4.79 Å². The fraction of sp³-hybridized carbons (Fsp3) is 0.273. The first-order valence-electron chi connectivity index (χ1n) is 4.69. The number of hydrogen-bond donors (Lipinski definition) is 1. The van der Waals surface area contributed by atoms with Crippen LogP contribution in [0.1, 0.15) is 23.1 Å². The van der Waals surface area contributed by atoms with E-state index in [0.717, 1.165) is 5.69 Å². The minimum Gasteiger partial charge on any atom is -0.461 e. The fourth-order valence-corrected chi connectivity index (χ4v) is 1.14. The van der Waals surface area contributed by atoms with Gasteiger partial charge in [-0.15, -0.1) is 0 Å². The zero-order valence-electron chi connectivity index (χ0n) is 8.51. The molecule has 1 aromatic heterocycles. The van der Waals surface area contributed by atoms with Gasteiger partial charge < -0.3 is 4.74 Å². The van der Waals surface area contributed by atoms with Crippen molar-refractivity contribution in [1.82, 2.24) is 4.98 Å². The molecule has 0 bridgehead atoms. The van der Waals surface area contributed by atoms with Crippen molar-refractivity contribution < 1.29 is 9.53 Å². The van der Waals surface area contributed by atoms with Gasteiger partial charge in [-0.2, -0.15) is 12.6 Å². The molecule has 0 radical (unpaired) electrons. The Morgan fingerprint density at radius 3 is 3.07 bits per heavy atom. The van der Waals surface area contributed by atoms with Crippen LogP contribution in [0.5, 0.6) is 0 Å². The highest BCUT2D eigenvalue weighted by Gasteiger charge is 2.07. The first kappa shape index (κ1) is 11.8. The molecule has 1 aromatic rings. The van der Waals surface area contributed by atoms with E-state index in [0.29, 0.717) is 18.1 Å². The van der Waals surface area contributed by atoms with E-state index in [1.807, 2.05) is 18.2 Å². The molecule has 0 spiro atoms. The van der Waals surface area contributed by atoms with Gasteiger partial charge in [0.05, 0.1) is 12.3 Å². The number of carbonyl (C=O) groups excluding carboxylic acids is 1. The van der Waals surface area contributed by atoms with E-state index in [2.05, 4.69) is 17.6 Å². The number of aromatic nitrogens is 1. The summed E-state index contributed by atoms with van der Waals surface area (Å²) in [6.45, 7) is 2.12. The molecule has 0 aliphatic rings. The molecule has 0 amide bonds. The van der Waals surface area contributed by atoms with Gasteiger partial charge in [0.1, 0.15) is 5.69 Å². The van der Waals surface area contributed by atoms with E-state index in [1.54, 1.807) is 19.1 Å². The predicted octanol–water partition coefficient (Wildman–Crippen LogP) is 2.20. The van der Waals surface area contributed by atoms with Crippen molar-refractivity contribution in [3.63, 3.8) is 0 Å². The van der Waals surface area contributed by atoms with Crippen LogP contribution < -0.4 is 0 Å². The van der Waals surface area contributed by atoms with Gasteiger partial charge in [0.25, 0.3) is 0 Å². The molecular formula is C11H13NO2S. The Morgan fingerprint density at radius 1 is 1.60 bits per heavy atom. The minimum absolute atomic E-state index is 0.332. The summed E-state index contributed by atoms with van der Waals surface area (Å²) in [5.41, 5.74) is 1.06. The fourth-order valence-electron chi connectivity index (χ4n) is 1.04. The van der Waals surface area contributed by atoms with Gasteiger partial charge in [0, 0.05) is 5.75 Å². The molecule has 15 heavy (non-hydrogen) atoms. The number of nitrogens with zero attached hydrogens (tertiary/aromatic N) is 1. The normalized spacial score (nSPS) is 10.5. The average molecular weight is 223 g/mol. The highest BCUT2D eigenvalue weighted by Crippen LogP contribution is 2.03. The maximum atomic E-state index is 11.3. The second kappa shape index (κ2) is 6.24. The summed E-state index contributed by atoms with van der Waals surface area (Å²) in [6, 6.07) is 5.23. The molecule has 0 fully saturated rings. The van der Waals surface area contributed by atoms with Crippen LogP contribution in [0, 0.1) is 0 Å². The molecule has 1 heterocycles. The van der Waals surface area contributed by atoms with Gasteiger partial charge in [-0.1, -0.05) is 12.1 Å². The van der Waals surface area contributed by atoms with E-state index in [1.165, 1.54) is 0 Å². The Labute approximate surface area is 94.6 Å². The Morgan fingerprint density at radius 2 is 2.40 bits per heavy atom. The molecule has 80 valence electrons. The van der Waals surface area contributed by atoms with Crippen molar-refractivity contribution in [3.05, 3.63) is 35.7 Å². The lowest BCUT2D eigenvalue weighted by Crippen LogP contribution is -2.07. The lowest BCUT2D eigenvalue weighted by Gasteiger charge is -2.01. The third-order valence-electron chi connectivity index (χ3n) is 1.65. The van der Waals surface area contributed by atoms with Crippen molar-refractivity contribution in [1.29, 1.82) is 0 Å². The summed E-state index contributed by atoms with van der Waals surface area (Å²) in [5, 5.41) is 0. The van der Waals surface area contributed by atoms with E-state index >= 15 is 0 Å². The third-order valence-corrected chi connectivity index (χ3v) is 1.86. The number of pyridine rings is 1. The summed E-state index contributed by atoms with van der Waals surface area (Å²) in [5.74, 6) is 0.254. The van der Waals surface area contributed by atoms with Crippen LogP contribution in [0.4, 0.5) is 0 Å². The lowest BCUT2D eigenvalue weighted by atomic mass is 10.3. The molecule has 1 rings (SSSR count). The van der Waals surface area contributed by atoms with Crippen molar-refractivity contribution in [3.8, 4) is 0 Å². The molecule has 0 N–H and O–H groups in total. The number of hydrogen-bond acceptors (Lipinski definition) is 4. The van der Waals surface area contributed by atoms with Crippen molar-refractivity contribution in [2.24, 2.45) is 0 Å². The molecule has 0 atom stereocenters. The second-order valence-corrected chi connectivity index (χ2v) is 3.12. The van der Waals surface area contributed by atoms with Crippen LogP contribution in [0.15, 0.2) is 24.3 Å². The van der Waals surface area contributed by atoms with E-state index in [4.69, 9.17) is 4.74 Å². The molecule has 4 heteroatoms. The van der Waals surface area contributed by atoms with Crippen LogP contribution in [0.3, 0.4) is 0 Å². The molecule has 0 saturated heterocycles. The number of carbonyl (C=O) groups is 1. The summed E-state index contributed by atoms with van der Waals surface area (Å²) < 4.78 is 4.85. The summed E-state index contributed by atoms with van der Waals surface area (Å²) in [6.07, 6.45) is 3.68. The highest BCUT2D eigenvalue weighted by atomic mass is 32.1. The number of esters is 1. The van der Waals surface area contributed by atoms with Crippen LogP contribution >= 0.6 is 12.6 Å². The van der Waals surface area contributed by atoms with Gasteiger partial charge in [-0.3, -0.25) is 0 Å². The molecule has 0 aliphatic heterocycles. The molecular weight excluding hydrogens is 210 g/mol. The SMILES string of the molecule is CCOC(=O)c1cccc(C=CCS)n1. The first-order valence-corrected chi connectivity index (χ1v) is 5.32. The quantitative estimate of drug-likeness (QED) is 0.628. The monoisotopic (exact) mass is 223 g/mol. The van der Waals surface area contributed by atoms with Crippen molar-refractivity contribution in [2.45, 2.75) is 6.92 Å².